The molecule has 0 atom stereocenters. The van der Waals surface area contributed by atoms with Gasteiger partial charge in [-0.05, 0) is 46.8 Å². The van der Waals surface area contributed by atoms with E-state index in [2.05, 4.69) is 15.4 Å². The number of anilines is 2. The highest BCUT2D eigenvalue weighted by molar-refractivity contribution is 7.19. The number of rotatable bonds is 5. The van der Waals surface area contributed by atoms with Crippen molar-refractivity contribution < 1.29 is 23.5 Å². The van der Waals surface area contributed by atoms with Gasteiger partial charge in [-0.25, -0.2) is 18.6 Å². The topological polar surface area (TPSA) is 100 Å². The molecule has 2 heterocycles. The van der Waals surface area contributed by atoms with E-state index in [9.17, 15) is 23.5 Å². The zero-order valence-electron chi connectivity index (χ0n) is 18.2. The zero-order chi connectivity index (χ0) is 23.8. The number of thiazole rings is 1. The second-order valence-electron chi connectivity index (χ2n) is 8.32. The zero-order valence-corrected chi connectivity index (χ0v) is 19.0. The maximum absolute atomic E-state index is 14.4. The van der Waals surface area contributed by atoms with Crippen LogP contribution in [0.25, 0.3) is 10.6 Å². The summed E-state index contributed by atoms with van der Waals surface area (Å²) in [5, 5.41) is 16.4. The first-order valence-electron chi connectivity index (χ1n) is 9.74. The molecule has 2 N–H and O–H groups in total. The molecule has 8 nitrogen and oxygen atoms in total. The van der Waals surface area contributed by atoms with E-state index in [-0.39, 0.29) is 21.7 Å². The molecule has 2 amide bonds. The number of amides is 2. The molecule has 170 valence electrons. The van der Waals surface area contributed by atoms with Crippen LogP contribution in [0.4, 0.5) is 24.3 Å². The predicted molar refractivity (Wildman–Crippen MR) is 118 cm³/mol. The fraction of sp³-hybridized carbons (Fsp3) is 0.333. The largest absolute Gasteiger partial charge is 0.465 e. The van der Waals surface area contributed by atoms with Gasteiger partial charge in [-0.2, -0.15) is 5.10 Å². The van der Waals surface area contributed by atoms with Gasteiger partial charge in [0.05, 0.1) is 17.4 Å². The quantitative estimate of drug-likeness (QED) is 0.528. The standard InChI is InChI=1S/C21H23F2N5O3S/c1-11(2)27-10-12(9-24-27)25-17(29)16-19(28(20(30)31)21(3,4)5)32-18(26-16)15-13(22)7-6-8-14(15)23/h6-11H,1-5H3,(H,25,29)(H,30,31). The maximum Gasteiger partial charge on any atom is 0.413 e. The summed E-state index contributed by atoms with van der Waals surface area (Å²) in [7, 11) is 0. The average molecular weight is 464 g/mol. The second kappa shape index (κ2) is 8.65. The molecule has 0 saturated heterocycles. The monoisotopic (exact) mass is 463 g/mol. The van der Waals surface area contributed by atoms with Crippen LogP contribution in [-0.2, 0) is 0 Å². The molecule has 0 unspecified atom stereocenters. The Morgan fingerprint density at radius 1 is 1.22 bits per heavy atom. The molecule has 0 radical (unpaired) electrons. The number of hydrogen-bond donors (Lipinski definition) is 2. The summed E-state index contributed by atoms with van der Waals surface area (Å²) in [6.45, 7) is 8.75. The summed E-state index contributed by atoms with van der Waals surface area (Å²) in [5.74, 6) is -2.46. The number of carboxylic acid groups (broad SMARTS) is 1. The highest BCUT2D eigenvalue weighted by Gasteiger charge is 2.35. The first-order chi connectivity index (χ1) is 14.9. The third-order valence-electron chi connectivity index (χ3n) is 4.45. The van der Waals surface area contributed by atoms with Gasteiger partial charge in [0.15, 0.2) is 5.69 Å². The molecule has 0 aliphatic carbocycles. The Kier molecular flexibility index (Phi) is 6.31. The van der Waals surface area contributed by atoms with Crippen molar-refractivity contribution in [2.24, 2.45) is 0 Å². The molecule has 1 aromatic carbocycles. The molecule has 0 bridgehead atoms. The lowest BCUT2D eigenvalue weighted by Crippen LogP contribution is -2.45. The number of benzene rings is 1. The van der Waals surface area contributed by atoms with E-state index in [1.54, 1.807) is 31.6 Å². The summed E-state index contributed by atoms with van der Waals surface area (Å²) in [6.07, 6.45) is 1.73. The van der Waals surface area contributed by atoms with E-state index in [0.717, 1.165) is 28.4 Å². The van der Waals surface area contributed by atoms with E-state index < -0.39 is 34.7 Å². The van der Waals surface area contributed by atoms with Gasteiger partial charge >= 0.3 is 6.09 Å². The highest BCUT2D eigenvalue weighted by atomic mass is 32.1. The third-order valence-corrected chi connectivity index (χ3v) is 5.51. The van der Waals surface area contributed by atoms with Crippen LogP contribution in [0.15, 0.2) is 30.6 Å². The van der Waals surface area contributed by atoms with Gasteiger partial charge in [0.1, 0.15) is 21.6 Å². The van der Waals surface area contributed by atoms with Crippen LogP contribution in [0.3, 0.4) is 0 Å². The number of hydrogen-bond acceptors (Lipinski definition) is 5. The van der Waals surface area contributed by atoms with Gasteiger partial charge in [0.2, 0.25) is 0 Å². The van der Waals surface area contributed by atoms with Crippen molar-refractivity contribution in [1.29, 1.82) is 0 Å². The number of carbonyl (C=O) groups is 2. The molecule has 0 aliphatic rings. The summed E-state index contributed by atoms with van der Waals surface area (Å²) >= 11 is 0.726. The van der Waals surface area contributed by atoms with Gasteiger partial charge in [-0.3, -0.25) is 14.4 Å². The predicted octanol–water partition coefficient (Wildman–Crippen LogP) is 5.40. The highest BCUT2D eigenvalue weighted by Crippen LogP contribution is 2.40. The number of nitrogens with zero attached hydrogens (tertiary/aromatic N) is 4. The number of carbonyl (C=O) groups excluding carboxylic acids is 1. The lowest BCUT2D eigenvalue weighted by atomic mass is 10.1. The van der Waals surface area contributed by atoms with Crippen molar-refractivity contribution in [3.8, 4) is 10.6 Å². The van der Waals surface area contributed by atoms with Crippen molar-refractivity contribution >= 4 is 34.0 Å². The van der Waals surface area contributed by atoms with Crippen LogP contribution in [0.5, 0.6) is 0 Å². The second-order valence-corrected chi connectivity index (χ2v) is 9.29. The van der Waals surface area contributed by atoms with Crippen LogP contribution in [-0.4, -0.2) is 37.4 Å². The Morgan fingerprint density at radius 2 is 1.84 bits per heavy atom. The van der Waals surface area contributed by atoms with Crippen molar-refractivity contribution in [2.75, 3.05) is 10.2 Å². The number of nitrogens with one attached hydrogen (secondary N) is 1. The average Bonchev–Trinajstić information content (AvgIpc) is 3.28. The first kappa shape index (κ1) is 23.3. The van der Waals surface area contributed by atoms with Gasteiger partial charge < -0.3 is 10.4 Å². The molecule has 11 heteroatoms. The summed E-state index contributed by atoms with van der Waals surface area (Å²) in [6, 6.07) is 3.41. The van der Waals surface area contributed by atoms with E-state index in [1.807, 2.05) is 13.8 Å². The van der Waals surface area contributed by atoms with Gasteiger partial charge in [0.25, 0.3) is 5.91 Å². The molecule has 0 spiro atoms. The normalized spacial score (nSPS) is 11.6. The molecule has 3 aromatic rings. The fourth-order valence-electron chi connectivity index (χ4n) is 2.97. The van der Waals surface area contributed by atoms with E-state index in [4.69, 9.17) is 0 Å². The summed E-state index contributed by atoms with van der Waals surface area (Å²) in [5.41, 5.74) is -1.27. The molecule has 0 fully saturated rings. The minimum Gasteiger partial charge on any atom is -0.465 e. The SMILES string of the molecule is CC(C)n1cc(NC(=O)c2nc(-c3c(F)cccc3F)sc2N(C(=O)O)C(C)(C)C)cn1. The summed E-state index contributed by atoms with van der Waals surface area (Å²) in [4.78, 5) is 30.2. The lowest BCUT2D eigenvalue weighted by molar-refractivity contribution is 0.102. The Morgan fingerprint density at radius 3 is 2.34 bits per heavy atom. The Labute approximate surface area is 187 Å². The van der Waals surface area contributed by atoms with Crippen molar-refractivity contribution in [3.63, 3.8) is 0 Å². The molecule has 2 aromatic heterocycles. The molecule has 32 heavy (non-hydrogen) atoms. The minimum atomic E-state index is -1.33. The lowest BCUT2D eigenvalue weighted by Gasteiger charge is -2.32. The van der Waals surface area contributed by atoms with Crippen molar-refractivity contribution in [2.45, 2.75) is 46.2 Å². The minimum absolute atomic E-state index is 0.0450. The Bertz CT molecular complexity index is 1150. The van der Waals surface area contributed by atoms with Crippen LogP contribution in [0.1, 0.15) is 51.1 Å². The third kappa shape index (κ3) is 4.62. The van der Waals surface area contributed by atoms with Gasteiger partial charge in [0, 0.05) is 17.8 Å². The molecule has 3 rings (SSSR count). The maximum atomic E-state index is 14.4. The van der Waals surface area contributed by atoms with Crippen LogP contribution < -0.4 is 10.2 Å². The van der Waals surface area contributed by atoms with Gasteiger partial charge in [-0.1, -0.05) is 17.4 Å². The number of aromatic nitrogens is 3. The summed E-state index contributed by atoms with van der Waals surface area (Å²) < 4.78 is 30.4. The molecule has 0 aliphatic heterocycles. The van der Waals surface area contributed by atoms with E-state index in [0.29, 0.717) is 5.69 Å². The molecule has 0 saturated carbocycles. The van der Waals surface area contributed by atoms with Crippen LogP contribution in [0, 0.1) is 11.6 Å². The van der Waals surface area contributed by atoms with Crippen molar-refractivity contribution in [3.05, 3.63) is 47.9 Å². The van der Waals surface area contributed by atoms with E-state index >= 15 is 0 Å². The Balaban J connectivity index is 2.13. The van der Waals surface area contributed by atoms with Crippen molar-refractivity contribution in [1.82, 2.24) is 14.8 Å². The van der Waals surface area contributed by atoms with Gasteiger partial charge in [-0.15, -0.1) is 0 Å². The van der Waals surface area contributed by atoms with Crippen LogP contribution >= 0.6 is 11.3 Å². The number of halogens is 2. The smallest absolute Gasteiger partial charge is 0.413 e. The molecular formula is C21H23F2N5O3S. The Hall–Kier alpha value is -3.34. The molecular weight excluding hydrogens is 440 g/mol. The van der Waals surface area contributed by atoms with Crippen LogP contribution in [0.2, 0.25) is 0 Å². The fourth-order valence-corrected chi connectivity index (χ4v) is 4.27. The van der Waals surface area contributed by atoms with E-state index in [1.165, 1.54) is 12.3 Å². The first-order valence-corrected chi connectivity index (χ1v) is 10.6.